The summed E-state index contributed by atoms with van der Waals surface area (Å²) in [5.74, 6) is -0.989. The first kappa shape index (κ1) is 13.6. The summed E-state index contributed by atoms with van der Waals surface area (Å²) in [5, 5.41) is 11.7. The van der Waals surface area contributed by atoms with Crippen LogP contribution in [0.5, 0.6) is 0 Å². The highest BCUT2D eigenvalue weighted by Crippen LogP contribution is 2.29. The Morgan fingerprint density at radius 3 is 2.63 bits per heavy atom. The molecule has 1 aliphatic heterocycles. The zero-order chi connectivity index (χ0) is 13.8. The lowest BCUT2D eigenvalue weighted by molar-refractivity contribution is -0.141. The normalized spacial score (nSPS) is 23.5. The summed E-state index contributed by atoms with van der Waals surface area (Å²) in [6, 6.07) is 7.48. The van der Waals surface area contributed by atoms with E-state index in [1.165, 1.54) is 5.56 Å². The maximum Gasteiger partial charge on any atom is 0.326 e. The van der Waals surface area contributed by atoms with Gasteiger partial charge in [0, 0.05) is 6.42 Å². The van der Waals surface area contributed by atoms with Gasteiger partial charge in [0.1, 0.15) is 6.04 Å². The predicted molar refractivity (Wildman–Crippen MR) is 72.0 cm³/mol. The highest BCUT2D eigenvalue weighted by atomic mass is 16.4. The zero-order valence-corrected chi connectivity index (χ0v) is 11.1. The van der Waals surface area contributed by atoms with Gasteiger partial charge in [-0.15, -0.1) is 0 Å². The van der Waals surface area contributed by atoms with Crippen molar-refractivity contribution in [1.29, 1.82) is 0 Å². The van der Waals surface area contributed by atoms with Crippen molar-refractivity contribution in [3.63, 3.8) is 0 Å². The van der Waals surface area contributed by atoms with Gasteiger partial charge in [0.25, 0.3) is 0 Å². The second kappa shape index (κ2) is 5.87. The first-order chi connectivity index (χ1) is 9.10. The molecular weight excluding hydrogens is 242 g/mol. The molecule has 19 heavy (non-hydrogen) atoms. The molecule has 0 radical (unpaired) electrons. The molecule has 4 nitrogen and oxygen atoms in total. The van der Waals surface area contributed by atoms with Gasteiger partial charge in [-0.1, -0.05) is 31.2 Å². The first-order valence-electron chi connectivity index (χ1n) is 6.71. The second-order valence-corrected chi connectivity index (χ2v) is 5.02. The zero-order valence-electron chi connectivity index (χ0n) is 11.1. The van der Waals surface area contributed by atoms with Crippen molar-refractivity contribution in [3.05, 3.63) is 35.4 Å². The Hall–Kier alpha value is -1.84. The SMILES string of the molecule is CCc1ccc(C2CCC(=O)NC(C(=O)O)C2)cc1. The Morgan fingerprint density at radius 1 is 1.37 bits per heavy atom. The van der Waals surface area contributed by atoms with Crippen molar-refractivity contribution >= 4 is 11.9 Å². The summed E-state index contributed by atoms with van der Waals surface area (Å²) in [4.78, 5) is 22.6. The number of carboxylic acids is 1. The van der Waals surface area contributed by atoms with E-state index in [2.05, 4.69) is 36.5 Å². The fraction of sp³-hybridized carbons (Fsp3) is 0.467. The quantitative estimate of drug-likeness (QED) is 0.875. The van der Waals surface area contributed by atoms with Crippen LogP contribution in [0.3, 0.4) is 0 Å². The minimum absolute atomic E-state index is 0.131. The molecular formula is C15H19NO3. The number of hydrogen-bond donors (Lipinski definition) is 2. The third-order valence-corrected chi connectivity index (χ3v) is 3.73. The molecule has 0 spiro atoms. The summed E-state index contributed by atoms with van der Waals surface area (Å²) in [7, 11) is 0. The van der Waals surface area contributed by atoms with Crippen molar-refractivity contribution < 1.29 is 14.7 Å². The Kier molecular flexibility index (Phi) is 4.20. The molecule has 4 heteroatoms. The van der Waals surface area contributed by atoms with Gasteiger partial charge in [-0.05, 0) is 36.3 Å². The van der Waals surface area contributed by atoms with E-state index in [4.69, 9.17) is 5.11 Å². The molecule has 2 rings (SSSR count). The summed E-state index contributed by atoms with van der Waals surface area (Å²) in [6.07, 6.45) is 2.56. The van der Waals surface area contributed by atoms with Crippen LogP contribution in [0.2, 0.25) is 0 Å². The van der Waals surface area contributed by atoms with Crippen molar-refractivity contribution in [3.8, 4) is 0 Å². The molecule has 1 saturated heterocycles. The van der Waals surface area contributed by atoms with E-state index in [0.29, 0.717) is 19.3 Å². The lowest BCUT2D eigenvalue weighted by atomic mass is 9.89. The van der Waals surface area contributed by atoms with Crippen LogP contribution in [0, 0.1) is 0 Å². The molecule has 0 saturated carbocycles. The van der Waals surface area contributed by atoms with Gasteiger partial charge >= 0.3 is 5.97 Å². The van der Waals surface area contributed by atoms with Gasteiger partial charge in [-0.2, -0.15) is 0 Å². The van der Waals surface area contributed by atoms with Gasteiger partial charge < -0.3 is 10.4 Å². The maximum atomic E-state index is 11.5. The topological polar surface area (TPSA) is 66.4 Å². The Balaban J connectivity index is 2.17. The molecule has 1 amide bonds. The van der Waals surface area contributed by atoms with E-state index in [-0.39, 0.29) is 11.8 Å². The summed E-state index contributed by atoms with van der Waals surface area (Å²) < 4.78 is 0. The van der Waals surface area contributed by atoms with Gasteiger partial charge in [0.2, 0.25) is 5.91 Å². The molecule has 0 aromatic heterocycles. The van der Waals surface area contributed by atoms with Crippen molar-refractivity contribution in [2.45, 2.75) is 44.6 Å². The summed E-state index contributed by atoms with van der Waals surface area (Å²) >= 11 is 0. The maximum absolute atomic E-state index is 11.5. The minimum Gasteiger partial charge on any atom is -0.480 e. The van der Waals surface area contributed by atoms with E-state index >= 15 is 0 Å². The van der Waals surface area contributed by atoms with E-state index in [1.807, 2.05) is 0 Å². The highest BCUT2D eigenvalue weighted by Gasteiger charge is 2.28. The molecule has 1 aromatic carbocycles. The van der Waals surface area contributed by atoms with E-state index in [0.717, 1.165) is 12.0 Å². The number of aryl methyl sites for hydroxylation is 1. The molecule has 2 atom stereocenters. The standard InChI is InChI=1S/C15H19NO3/c1-2-10-3-5-11(6-4-10)12-7-8-14(17)16-13(9-12)15(18)19/h3-6,12-13H,2,7-9H2,1H3,(H,16,17)(H,18,19). The number of benzene rings is 1. The Labute approximate surface area is 112 Å². The number of carbonyl (C=O) groups is 2. The molecule has 1 fully saturated rings. The lowest BCUT2D eigenvalue weighted by Gasteiger charge is -2.17. The van der Waals surface area contributed by atoms with Gasteiger partial charge in [0.05, 0.1) is 0 Å². The van der Waals surface area contributed by atoms with Crippen LogP contribution in [0.4, 0.5) is 0 Å². The van der Waals surface area contributed by atoms with Crippen LogP contribution >= 0.6 is 0 Å². The molecule has 1 aliphatic rings. The van der Waals surface area contributed by atoms with Crippen LogP contribution in [-0.2, 0) is 16.0 Å². The molecule has 1 aromatic rings. The Bertz CT molecular complexity index is 467. The monoisotopic (exact) mass is 261 g/mol. The van der Waals surface area contributed by atoms with Crippen molar-refractivity contribution in [2.24, 2.45) is 0 Å². The highest BCUT2D eigenvalue weighted by molar-refractivity contribution is 5.84. The number of rotatable bonds is 3. The number of carbonyl (C=O) groups excluding carboxylic acids is 1. The number of carboxylic acid groups (broad SMARTS) is 1. The van der Waals surface area contributed by atoms with Gasteiger partial charge in [-0.3, -0.25) is 4.79 Å². The largest absolute Gasteiger partial charge is 0.480 e. The molecule has 0 aliphatic carbocycles. The smallest absolute Gasteiger partial charge is 0.326 e. The van der Waals surface area contributed by atoms with Crippen LogP contribution in [-0.4, -0.2) is 23.0 Å². The lowest BCUT2D eigenvalue weighted by Crippen LogP contribution is -2.39. The van der Waals surface area contributed by atoms with Crippen molar-refractivity contribution in [2.75, 3.05) is 0 Å². The summed E-state index contributed by atoms with van der Waals surface area (Å²) in [6.45, 7) is 2.10. The van der Waals surface area contributed by atoms with E-state index < -0.39 is 12.0 Å². The average Bonchev–Trinajstić information content (AvgIpc) is 2.61. The number of amides is 1. The molecule has 2 N–H and O–H groups in total. The van der Waals surface area contributed by atoms with Gasteiger partial charge in [0.15, 0.2) is 0 Å². The molecule has 0 bridgehead atoms. The van der Waals surface area contributed by atoms with Crippen LogP contribution in [0.25, 0.3) is 0 Å². The van der Waals surface area contributed by atoms with Crippen LogP contribution in [0.1, 0.15) is 43.2 Å². The Morgan fingerprint density at radius 2 is 2.05 bits per heavy atom. The van der Waals surface area contributed by atoms with E-state index in [9.17, 15) is 9.59 Å². The van der Waals surface area contributed by atoms with E-state index in [1.54, 1.807) is 0 Å². The first-order valence-corrected chi connectivity index (χ1v) is 6.71. The number of aliphatic carboxylic acids is 1. The minimum atomic E-state index is -0.953. The van der Waals surface area contributed by atoms with Gasteiger partial charge in [-0.25, -0.2) is 4.79 Å². The molecule has 2 unspecified atom stereocenters. The van der Waals surface area contributed by atoms with Crippen LogP contribution in [0.15, 0.2) is 24.3 Å². The fourth-order valence-electron chi connectivity index (χ4n) is 2.52. The number of nitrogens with one attached hydrogen (secondary N) is 1. The fourth-order valence-corrected chi connectivity index (χ4v) is 2.52. The third kappa shape index (κ3) is 3.34. The third-order valence-electron chi connectivity index (χ3n) is 3.73. The predicted octanol–water partition coefficient (Wildman–Crippen LogP) is 2.09. The number of hydrogen-bond acceptors (Lipinski definition) is 2. The molecule has 1 heterocycles. The van der Waals surface area contributed by atoms with Crippen LogP contribution < -0.4 is 5.32 Å². The average molecular weight is 261 g/mol. The van der Waals surface area contributed by atoms with Crippen molar-refractivity contribution in [1.82, 2.24) is 5.32 Å². The summed E-state index contributed by atoms with van der Waals surface area (Å²) in [5.41, 5.74) is 2.39. The molecule has 102 valence electrons. The second-order valence-electron chi connectivity index (χ2n) is 5.02.